The lowest BCUT2D eigenvalue weighted by Gasteiger charge is -2.22. The van der Waals surface area contributed by atoms with Gasteiger partial charge in [-0.2, -0.15) is 18.2 Å². The van der Waals surface area contributed by atoms with Crippen LogP contribution in [0.4, 0.5) is 30.6 Å². The Kier molecular flexibility index (Phi) is 5.66. The zero-order chi connectivity index (χ0) is 21.2. The first kappa shape index (κ1) is 20.9. The Morgan fingerprint density at radius 2 is 1.66 bits per heavy atom. The van der Waals surface area contributed by atoms with Crippen molar-refractivity contribution in [2.24, 2.45) is 0 Å². The number of para-hydroxylation sites is 1. The Morgan fingerprint density at radius 3 is 2.28 bits per heavy atom. The molecule has 0 spiro atoms. The number of anilines is 3. The van der Waals surface area contributed by atoms with Crippen LogP contribution in [0.25, 0.3) is 11.3 Å². The molecule has 29 heavy (non-hydrogen) atoms. The van der Waals surface area contributed by atoms with Crippen molar-refractivity contribution in [3.05, 3.63) is 59.4 Å². The summed E-state index contributed by atoms with van der Waals surface area (Å²) in [7, 11) is 0. The molecule has 9 heteroatoms. The maximum atomic E-state index is 13.4. The molecule has 0 aliphatic rings. The monoisotopic (exact) mass is 421 g/mol. The summed E-state index contributed by atoms with van der Waals surface area (Å²) >= 11 is 6.06. The van der Waals surface area contributed by atoms with Gasteiger partial charge in [-0.1, -0.05) is 17.7 Å². The Labute approximate surface area is 171 Å². The molecule has 0 unspecified atom stereocenters. The first-order valence-electron chi connectivity index (χ1n) is 8.73. The van der Waals surface area contributed by atoms with E-state index in [4.69, 9.17) is 11.6 Å². The average Bonchev–Trinajstić information content (AvgIpc) is 2.61. The van der Waals surface area contributed by atoms with Gasteiger partial charge in [-0.15, -0.1) is 0 Å². The van der Waals surface area contributed by atoms with Crippen LogP contribution in [0.15, 0.2) is 48.8 Å². The second kappa shape index (κ2) is 7.87. The molecule has 3 rings (SSSR count). The predicted molar refractivity (Wildman–Crippen MR) is 108 cm³/mol. The maximum absolute atomic E-state index is 13.4. The van der Waals surface area contributed by atoms with Crippen LogP contribution < -0.4 is 10.6 Å². The zero-order valence-corrected chi connectivity index (χ0v) is 16.7. The van der Waals surface area contributed by atoms with E-state index in [1.807, 2.05) is 20.8 Å². The minimum atomic E-state index is -4.57. The minimum Gasteiger partial charge on any atom is -0.350 e. The highest BCUT2D eigenvalue weighted by Gasteiger charge is 2.34. The average molecular weight is 422 g/mol. The van der Waals surface area contributed by atoms with E-state index in [1.165, 1.54) is 12.1 Å². The molecule has 0 saturated heterocycles. The number of benzene rings is 1. The number of nitrogens with one attached hydrogen (secondary N) is 2. The fraction of sp³-hybridized carbons (Fsp3) is 0.250. The van der Waals surface area contributed by atoms with E-state index in [0.717, 1.165) is 11.6 Å². The van der Waals surface area contributed by atoms with Gasteiger partial charge < -0.3 is 10.6 Å². The molecular formula is C20H19ClF3N5. The van der Waals surface area contributed by atoms with Crippen molar-refractivity contribution >= 4 is 29.1 Å². The summed E-state index contributed by atoms with van der Waals surface area (Å²) < 4.78 is 40.3. The molecule has 0 radical (unpaired) electrons. The third kappa shape index (κ3) is 5.35. The number of hydrogen-bond acceptors (Lipinski definition) is 5. The fourth-order valence-electron chi connectivity index (χ4n) is 2.59. The van der Waals surface area contributed by atoms with Gasteiger partial charge in [0, 0.05) is 29.6 Å². The zero-order valence-electron chi connectivity index (χ0n) is 16.0. The lowest BCUT2D eigenvalue weighted by Crippen LogP contribution is -2.27. The van der Waals surface area contributed by atoms with Crippen LogP contribution in [0.5, 0.6) is 0 Å². The highest BCUT2D eigenvalue weighted by Crippen LogP contribution is 2.40. The van der Waals surface area contributed by atoms with Crippen LogP contribution in [0.3, 0.4) is 0 Å². The summed E-state index contributed by atoms with van der Waals surface area (Å²) in [5.41, 5.74) is -0.215. The highest BCUT2D eigenvalue weighted by atomic mass is 35.5. The van der Waals surface area contributed by atoms with E-state index in [-0.39, 0.29) is 28.0 Å². The van der Waals surface area contributed by atoms with Crippen molar-refractivity contribution < 1.29 is 13.2 Å². The topological polar surface area (TPSA) is 62.7 Å². The molecule has 152 valence electrons. The normalized spacial score (nSPS) is 12.0. The predicted octanol–water partition coefficient (Wildman–Crippen LogP) is 6.16. The highest BCUT2D eigenvalue weighted by molar-refractivity contribution is 6.33. The molecule has 0 amide bonds. The number of nitrogens with zero attached hydrogens (tertiary/aromatic N) is 3. The Balaban J connectivity index is 2.09. The molecule has 1 aromatic carbocycles. The van der Waals surface area contributed by atoms with E-state index in [2.05, 4.69) is 25.6 Å². The summed E-state index contributed by atoms with van der Waals surface area (Å²) in [6.07, 6.45) is -1.35. The van der Waals surface area contributed by atoms with Crippen molar-refractivity contribution in [1.29, 1.82) is 0 Å². The summed E-state index contributed by atoms with van der Waals surface area (Å²) in [5, 5.41) is 5.81. The molecule has 2 N–H and O–H groups in total. The standard InChI is InChI=1S/C20H19ClF3N5/c1-19(2,3)29-18-26-15(12-7-9-25-10-8-12)11-16(28-18)27-17-13(20(22,23)24)5-4-6-14(17)21/h4-11H,1-3H3,(H2,26,27,28,29). The van der Waals surface area contributed by atoms with E-state index >= 15 is 0 Å². The number of aromatic nitrogens is 3. The van der Waals surface area contributed by atoms with Crippen LogP contribution in [-0.2, 0) is 6.18 Å². The van der Waals surface area contributed by atoms with Crippen LogP contribution in [0.1, 0.15) is 26.3 Å². The molecule has 0 bridgehead atoms. The summed E-state index contributed by atoms with van der Waals surface area (Å²) in [5.74, 6) is 0.451. The van der Waals surface area contributed by atoms with Gasteiger partial charge in [0.25, 0.3) is 0 Å². The van der Waals surface area contributed by atoms with Crippen molar-refractivity contribution in [3.8, 4) is 11.3 Å². The third-order valence-electron chi connectivity index (χ3n) is 3.76. The quantitative estimate of drug-likeness (QED) is 0.527. The van der Waals surface area contributed by atoms with Crippen LogP contribution in [0.2, 0.25) is 5.02 Å². The largest absolute Gasteiger partial charge is 0.418 e. The van der Waals surface area contributed by atoms with E-state index in [9.17, 15) is 13.2 Å². The summed E-state index contributed by atoms with van der Waals surface area (Å²) in [4.78, 5) is 12.8. The van der Waals surface area contributed by atoms with E-state index < -0.39 is 11.7 Å². The molecule has 2 heterocycles. The van der Waals surface area contributed by atoms with Crippen molar-refractivity contribution in [2.75, 3.05) is 10.6 Å². The molecule has 2 aromatic heterocycles. The van der Waals surface area contributed by atoms with Crippen molar-refractivity contribution in [1.82, 2.24) is 15.0 Å². The summed E-state index contributed by atoms with van der Waals surface area (Å²) in [6.45, 7) is 5.79. The van der Waals surface area contributed by atoms with Gasteiger partial charge in [-0.3, -0.25) is 4.98 Å². The van der Waals surface area contributed by atoms with Crippen LogP contribution in [0, 0.1) is 0 Å². The SMILES string of the molecule is CC(C)(C)Nc1nc(Nc2c(Cl)cccc2C(F)(F)F)cc(-c2ccncc2)n1. The summed E-state index contributed by atoms with van der Waals surface area (Å²) in [6, 6.07) is 8.68. The molecular weight excluding hydrogens is 403 g/mol. The van der Waals surface area contributed by atoms with Crippen LogP contribution >= 0.6 is 11.6 Å². The Morgan fingerprint density at radius 1 is 0.966 bits per heavy atom. The third-order valence-corrected chi connectivity index (χ3v) is 4.08. The van der Waals surface area contributed by atoms with Crippen molar-refractivity contribution in [2.45, 2.75) is 32.5 Å². The molecule has 3 aromatic rings. The molecule has 0 aliphatic heterocycles. The number of rotatable bonds is 4. The first-order chi connectivity index (χ1) is 13.5. The van der Waals surface area contributed by atoms with Gasteiger partial charge in [-0.25, -0.2) is 4.98 Å². The lowest BCUT2D eigenvalue weighted by atomic mass is 10.1. The molecule has 0 fully saturated rings. The van der Waals surface area contributed by atoms with E-state index in [0.29, 0.717) is 5.69 Å². The van der Waals surface area contributed by atoms with Gasteiger partial charge in [0.15, 0.2) is 0 Å². The van der Waals surface area contributed by atoms with Gasteiger partial charge in [0.2, 0.25) is 5.95 Å². The minimum absolute atomic E-state index is 0.0609. The number of alkyl halides is 3. The lowest BCUT2D eigenvalue weighted by molar-refractivity contribution is -0.136. The number of halogens is 4. The second-order valence-corrected chi connectivity index (χ2v) is 7.77. The fourth-order valence-corrected chi connectivity index (χ4v) is 2.81. The molecule has 5 nitrogen and oxygen atoms in total. The molecule has 0 atom stereocenters. The smallest absolute Gasteiger partial charge is 0.350 e. The van der Waals surface area contributed by atoms with Gasteiger partial charge in [0.1, 0.15) is 5.82 Å². The van der Waals surface area contributed by atoms with Gasteiger partial charge >= 0.3 is 6.18 Å². The van der Waals surface area contributed by atoms with Gasteiger partial charge in [-0.05, 0) is 45.0 Å². The van der Waals surface area contributed by atoms with Crippen LogP contribution in [-0.4, -0.2) is 20.5 Å². The molecule has 0 aliphatic carbocycles. The number of hydrogen-bond donors (Lipinski definition) is 2. The Bertz CT molecular complexity index is 1000. The van der Waals surface area contributed by atoms with Crippen molar-refractivity contribution in [3.63, 3.8) is 0 Å². The second-order valence-electron chi connectivity index (χ2n) is 7.36. The Hall–Kier alpha value is -2.87. The first-order valence-corrected chi connectivity index (χ1v) is 9.11. The van der Waals surface area contributed by atoms with E-state index in [1.54, 1.807) is 30.6 Å². The molecule has 0 saturated carbocycles. The number of pyridine rings is 1. The maximum Gasteiger partial charge on any atom is 0.418 e. The van der Waals surface area contributed by atoms with Gasteiger partial charge in [0.05, 0.1) is 22.0 Å².